The third-order valence-corrected chi connectivity index (χ3v) is 5.98. The van der Waals surface area contributed by atoms with Crippen molar-refractivity contribution < 1.29 is 9.59 Å². The predicted molar refractivity (Wildman–Crippen MR) is 134 cm³/mol. The summed E-state index contributed by atoms with van der Waals surface area (Å²) in [5, 5.41) is 3.53. The standard InChI is InChI=1S/C28H31ClN2O2/c1-3-17-30-28(33)21(2)31(20-22-11-10-16-25(29)18-22)27(32)19-26(23-12-6-4-7-13-23)24-14-8-5-9-15-24/h4-16,18,21,26H,3,17,19-20H2,1-2H3,(H,30,33)/t21-/m1/s1. The van der Waals surface area contributed by atoms with Crippen molar-refractivity contribution >= 4 is 23.4 Å². The molecule has 0 aliphatic carbocycles. The van der Waals surface area contributed by atoms with E-state index in [-0.39, 0.29) is 24.2 Å². The zero-order chi connectivity index (χ0) is 23.6. The lowest BCUT2D eigenvalue weighted by molar-refractivity contribution is -0.140. The van der Waals surface area contributed by atoms with Gasteiger partial charge in [0.25, 0.3) is 0 Å². The van der Waals surface area contributed by atoms with E-state index < -0.39 is 6.04 Å². The van der Waals surface area contributed by atoms with Gasteiger partial charge in [-0.3, -0.25) is 9.59 Å². The fourth-order valence-corrected chi connectivity index (χ4v) is 4.11. The third-order valence-electron chi connectivity index (χ3n) is 5.74. The van der Waals surface area contributed by atoms with Crippen molar-refractivity contribution in [3.8, 4) is 0 Å². The van der Waals surface area contributed by atoms with Crippen molar-refractivity contribution in [1.82, 2.24) is 10.2 Å². The van der Waals surface area contributed by atoms with Crippen molar-refractivity contribution in [2.75, 3.05) is 6.54 Å². The highest BCUT2D eigenvalue weighted by atomic mass is 35.5. The van der Waals surface area contributed by atoms with Gasteiger partial charge in [0.1, 0.15) is 6.04 Å². The lowest BCUT2D eigenvalue weighted by Crippen LogP contribution is -2.48. The highest BCUT2D eigenvalue weighted by molar-refractivity contribution is 6.30. The average molecular weight is 463 g/mol. The summed E-state index contributed by atoms with van der Waals surface area (Å²) < 4.78 is 0. The molecule has 0 saturated carbocycles. The number of hydrogen-bond donors (Lipinski definition) is 1. The molecule has 3 aromatic carbocycles. The van der Waals surface area contributed by atoms with Crippen LogP contribution in [0.1, 0.15) is 49.3 Å². The second-order valence-electron chi connectivity index (χ2n) is 8.20. The van der Waals surface area contributed by atoms with E-state index in [1.54, 1.807) is 17.9 Å². The molecule has 172 valence electrons. The fraction of sp³-hybridized carbons (Fsp3) is 0.286. The molecule has 0 aromatic heterocycles. The van der Waals surface area contributed by atoms with Crippen molar-refractivity contribution in [1.29, 1.82) is 0 Å². The van der Waals surface area contributed by atoms with Crippen LogP contribution >= 0.6 is 11.6 Å². The number of amides is 2. The summed E-state index contributed by atoms with van der Waals surface area (Å²) in [4.78, 5) is 28.2. The van der Waals surface area contributed by atoms with E-state index in [4.69, 9.17) is 11.6 Å². The van der Waals surface area contributed by atoms with Crippen LogP contribution in [0.4, 0.5) is 0 Å². The van der Waals surface area contributed by atoms with Crippen LogP contribution in [0.15, 0.2) is 84.9 Å². The molecule has 1 N–H and O–H groups in total. The number of nitrogens with zero attached hydrogens (tertiary/aromatic N) is 1. The lowest BCUT2D eigenvalue weighted by Gasteiger charge is -2.30. The van der Waals surface area contributed by atoms with Crippen LogP contribution in [0.3, 0.4) is 0 Å². The first-order chi connectivity index (χ1) is 16.0. The Labute approximate surface area is 201 Å². The summed E-state index contributed by atoms with van der Waals surface area (Å²) in [5.74, 6) is -0.331. The molecular formula is C28H31ClN2O2. The first-order valence-corrected chi connectivity index (χ1v) is 11.8. The monoisotopic (exact) mass is 462 g/mol. The Balaban J connectivity index is 1.90. The van der Waals surface area contributed by atoms with Crippen LogP contribution < -0.4 is 5.32 Å². The van der Waals surface area contributed by atoms with Crippen molar-refractivity contribution in [2.24, 2.45) is 0 Å². The number of carbonyl (C=O) groups excluding carboxylic acids is 2. The summed E-state index contributed by atoms with van der Waals surface area (Å²) in [5.41, 5.74) is 3.03. The molecule has 0 fully saturated rings. The summed E-state index contributed by atoms with van der Waals surface area (Å²) in [7, 11) is 0. The molecule has 4 nitrogen and oxygen atoms in total. The minimum absolute atomic E-state index is 0.0770. The molecular weight excluding hydrogens is 432 g/mol. The minimum atomic E-state index is -0.602. The number of benzene rings is 3. The Morgan fingerprint density at radius 1 is 0.909 bits per heavy atom. The SMILES string of the molecule is CCCNC(=O)[C@@H](C)N(Cc1cccc(Cl)c1)C(=O)CC(c1ccccc1)c1ccccc1. The smallest absolute Gasteiger partial charge is 0.242 e. The molecule has 0 aliphatic rings. The van der Waals surface area contributed by atoms with Crippen LogP contribution in [-0.2, 0) is 16.1 Å². The van der Waals surface area contributed by atoms with Gasteiger partial charge in [0.2, 0.25) is 11.8 Å². The zero-order valence-electron chi connectivity index (χ0n) is 19.2. The van der Waals surface area contributed by atoms with E-state index in [0.717, 1.165) is 23.1 Å². The molecule has 0 unspecified atom stereocenters. The van der Waals surface area contributed by atoms with Gasteiger partial charge in [0.05, 0.1) is 0 Å². The first kappa shape index (κ1) is 24.5. The molecule has 33 heavy (non-hydrogen) atoms. The Morgan fingerprint density at radius 3 is 2.06 bits per heavy atom. The largest absolute Gasteiger partial charge is 0.354 e. The zero-order valence-corrected chi connectivity index (χ0v) is 20.0. The van der Waals surface area contributed by atoms with Gasteiger partial charge in [-0.05, 0) is 42.2 Å². The second-order valence-corrected chi connectivity index (χ2v) is 8.63. The van der Waals surface area contributed by atoms with Crippen LogP contribution in [-0.4, -0.2) is 29.3 Å². The van der Waals surface area contributed by atoms with Crippen LogP contribution in [0.2, 0.25) is 5.02 Å². The molecule has 1 atom stereocenters. The van der Waals surface area contributed by atoms with E-state index in [1.165, 1.54) is 0 Å². The minimum Gasteiger partial charge on any atom is -0.354 e. The lowest BCUT2D eigenvalue weighted by atomic mass is 9.88. The molecule has 0 bridgehead atoms. The van der Waals surface area contributed by atoms with E-state index in [2.05, 4.69) is 5.32 Å². The third kappa shape index (κ3) is 6.93. The maximum atomic E-state index is 13.7. The fourth-order valence-electron chi connectivity index (χ4n) is 3.90. The molecule has 3 aromatic rings. The maximum absolute atomic E-state index is 13.7. The van der Waals surface area contributed by atoms with E-state index >= 15 is 0 Å². The number of carbonyl (C=O) groups is 2. The number of nitrogens with one attached hydrogen (secondary N) is 1. The van der Waals surface area contributed by atoms with Gasteiger partial charge >= 0.3 is 0 Å². The highest BCUT2D eigenvalue weighted by Crippen LogP contribution is 2.29. The van der Waals surface area contributed by atoms with E-state index in [1.807, 2.05) is 85.8 Å². The van der Waals surface area contributed by atoms with Gasteiger partial charge in [-0.25, -0.2) is 0 Å². The van der Waals surface area contributed by atoms with E-state index in [9.17, 15) is 9.59 Å². The molecule has 0 spiro atoms. The van der Waals surface area contributed by atoms with Crippen LogP contribution in [0, 0.1) is 0 Å². The second kappa shape index (κ2) is 12.2. The van der Waals surface area contributed by atoms with Crippen molar-refractivity contribution in [3.63, 3.8) is 0 Å². The van der Waals surface area contributed by atoms with Crippen LogP contribution in [0.5, 0.6) is 0 Å². The molecule has 2 amide bonds. The maximum Gasteiger partial charge on any atom is 0.242 e. The molecule has 0 heterocycles. The summed E-state index contributed by atoms with van der Waals surface area (Å²) in [6.07, 6.45) is 1.10. The van der Waals surface area contributed by atoms with Gasteiger partial charge in [-0.2, -0.15) is 0 Å². The van der Waals surface area contributed by atoms with Crippen LogP contribution in [0.25, 0.3) is 0 Å². The van der Waals surface area contributed by atoms with Gasteiger partial charge < -0.3 is 10.2 Å². The van der Waals surface area contributed by atoms with Gasteiger partial charge in [0.15, 0.2) is 0 Å². The van der Waals surface area contributed by atoms with E-state index in [0.29, 0.717) is 18.1 Å². The Kier molecular flexibility index (Phi) is 9.08. The van der Waals surface area contributed by atoms with Crippen molar-refractivity contribution in [2.45, 2.75) is 45.2 Å². The van der Waals surface area contributed by atoms with Gasteiger partial charge in [-0.15, -0.1) is 0 Å². The topological polar surface area (TPSA) is 49.4 Å². The Hall–Kier alpha value is -3.11. The van der Waals surface area contributed by atoms with Crippen molar-refractivity contribution in [3.05, 3.63) is 107 Å². The molecule has 0 aliphatic heterocycles. The normalized spacial score (nSPS) is 11.8. The predicted octanol–water partition coefficient (Wildman–Crippen LogP) is 5.81. The van der Waals surface area contributed by atoms with Gasteiger partial charge in [-0.1, -0.05) is 91.3 Å². The number of rotatable bonds is 10. The Bertz CT molecular complexity index is 1000. The number of hydrogen-bond acceptors (Lipinski definition) is 2. The molecule has 5 heteroatoms. The summed E-state index contributed by atoms with van der Waals surface area (Å²) >= 11 is 6.18. The first-order valence-electron chi connectivity index (χ1n) is 11.4. The summed E-state index contributed by atoms with van der Waals surface area (Å²) in [6.45, 7) is 4.69. The Morgan fingerprint density at radius 2 is 1.52 bits per heavy atom. The summed E-state index contributed by atoms with van der Waals surface area (Å²) in [6, 6.07) is 26.9. The molecule has 3 rings (SSSR count). The molecule has 0 saturated heterocycles. The van der Waals surface area contributed by atoms with Gasteiger partial charge in [0, 0.05) is 30.5 Å². The quantitative estimate of drug-likeness (QED) is 0.413. The average Bonchev–Trinajstić information content (AvgIpc) is 2.85. The highest BCUT2D eigenvalue weighted by Gasteiger charge is 2.29. The number of halogens is 1. The molecule has 0 radical (unpaired) electrons.